The molecule has 2 aliphatic rings. The Hall–Kier alpha value is -1.17. The molecule has 24 heavy (non-hydrogen) atoms. The van der Waals surface area contributed by atoms with Gasteiger partial charge < -0.3 is 14.5 Å². The summed E-state index contributed by atoms with van der Waals surface area (Å²) in [4.78, 5) is 16.1. The summed E-state index contributed by atoms with van der Waals surface area (Å²) in [7, 11) is 1.86. The molecule has 2 aliphatic heterocycles. The molecule has 1 unspecified atom stereocenters. The topological polar surface area (TPSA) is 32.8 Å². The van der Waals surface area contributed by atoms with Crippen molar-refractivity contribution in [3.8, 4) is 0 Å². The predicted octanol–water partition coefficient (Wildman–Crippen LogP) is 2.50. The van der Waals surface area contributed by atoms with Gasteiger partial charge in [-0.05, 0) is 43.9 Å². The summed E-state index contributed by atoms with van der Waals surface area (Å²) in [6.07, 6.45) is 2.41. The molecule has 3 rings (SSSR count). The highest BCUT2D eigenvalue weighted by molar-refractivity contribution is 5.85. The van der Waals surface area contributed by atoms with E-state index in [0.717, 1.165) is 44.5 Å². The van der Waals surface area contributed by atoms with E-state index in [1.165, 1.54) is 6.07 Å². The van der Waals surface area contributed by atoms with Gasteiger partial charge in [0.1, 0.15) is 11.9 Å². The quantitative estimate of drug-likeness (QED) is 0.834. The Morgan fingerprint density at radius 1 is 1.33 bits per heavy atom. The SMILES string of the molecule is CC1OC2(CCN(CCc3cccc(F)c3)CC2)CN(C)C1=O.Cl. The maximum absolute atomic E-state index is 13.2. The van der Waals surface area contributed by atoms with Gasteiger partial charge in [0.25, 0.3) is 5.91 Å². The van der Waals surface area contributed by atoms with Crippen molar-refractivity contribution in [1.82, 2.24) is 9.80 Å². The minimum absolute atomic E-state index is 0. The van der Waals surface area contributed by atoms with Crippen LogP contribution in [-0.2, 0) is 16.0 Å². The molecule has 1 amide bonds. The summed E-state index contributed by atoms with van der Waals surface area (Å²) in [5.74, 6) is -0.0958. The van der Waals surface area contributed by atoms with Crippen molar-refractivity contribution in [3.63, 3.8) is 0 Å². The van der Waals surface area contributed by atoms with Gasteiger partial charge in [-0.15, -0.1) is 12.4 Å². The molecule has 1 spiro atoms. The molecular weight excluding hydrogens is 331 g/mol. The molecule has 0 bridgehead atoms. The van der Waals surface area contributed by atoms with E-state index in [9.17, 15) is 9.18 Å². The lowest BCUT2D eigenvalue weighted by atomic mass is 9.88. The van der Waals surface area contributed by atoms with Crippen LogP contribution in [-0.4, -0.2) is 60.6 Å². The van der Waals surface area contributed by atoms with Gasteiger partial charge >= 0.3 is 0 Å². The zero-order valence-corrected chi connectivity index (χ0v) is 15.2. The number of morpholine rings is 1. The standard InChI is InChI=1S/C18H25FN2O2.ClH/c1-14-17(22)20(2)13-18(23-14)7-10-21(11-8-18)9-6-15-4-3-5-16(19)12-15;/h3-5,12,14H,6-11,13H2,1-2H3;1H. The number of hydrogen-bond donors (Lipinski definition) is 0. The van der Waals surface area contributed by atoms with E-state index < -0.39 is 0 Å². The summed E-state index contributed by atoms with van der Waals surface area (Å²) in [6.45, 7) is 5.39. The minimum Gasteiger partial charge on any atom is -0.360 e. The minimum atomic E-state index is -0.340. The molecule has 2 fully saturated rings. The number of rotatable bonds is 3. The Labute approximate surface area is 149 Å². The van der Waals surface area contributed by atoms with Crippen LogP contribution in [0.2, 0.25) is 0 Å². The molecule has 0 saturated carbocycles. The second-order valence-electron chi connectivity index (χ2n) is 6.86. The lowest BCUT2D eigenvalue weighted by Crippen LogP contribution is -2.60. The fraction of sp³-hybridized carbons (Fsp3) is 0.611. The molecule has 1 aromatic carbocycles. The van der Waals surface area contributed by atoms with Crippen LogP contribution in [0, 0.1) is 5.82 Å². The molecule has 6 heteroatoms. The number of hydrogen-bond acceptors (Lipinski definition) is 3. The lowest BCUT2D eigenvalue weighted by molar-refractivity contribution is -0.186. The number of likely N-dealkylation sites (N-methyl/N-ethyl adjacent to an activating group) is 1. The molecule has 1 aromatic rings. The molecule has 2 heterocycles. The van der Waals surface area contributed by atoms with Gasteiger partial charge in [0.2, 0.25) is 0 Å². The number of piperidine rings is 1. The highest BCUT2D eigenvalue weighted by Crippen LogP contribution is 2.32. The van der Waals surface area contributed by atoms with E-state index >= 15 is 0 Å². The molecule has 0 radical (unpaired) electrons. The van der Waals surface area contributed by atoms with E-state index in [1.807, 2.05) is 20.0 Å². The average molecular weight is 357 g/mol. The number of amides is 1. The number of carbonyl (C=O) groups is 1. The first kappa shape index (κ1) is 19.2. The van der Waals surface area contributed by atoms with Crippen LogP contribution in [0.25, 0.3) is 0 Å². The normalized spacial score (nSPS) is 24.0. The van der Waals surface area contributed by atoms with Crippen LogP contribution >= 0.6 is 12.4 Å². The van der Waals surface area contributed by atoms with Crippen molar-refractivity contribution in [3.05, 3.63) is 35.6 Å². The molecule has 1 atom stereocenters. The summed E-state index contributed by atoms with van der Waals surface area (Å²) < 4.78 is 19.3. The van der Waals surface area contributed by atoms with Crippen molar-refractivity contribution in [2.45, 2.75) is 37.9 Å². The Balaban J connectivity index is 0.00000208. The molecule has 4 nitrogen and oxygen atoms in total. The third-order valence-corrected chi connectivity index (χ3v) is 5.05. The van der Waals surface area contributed by atoms with E-state index in [4.69, 9.17) is 4.74 Å². The Kier molecular flexibility index (Phi) is 6.23. The first-order valence-electron chi connectivity index (χ1n) is 8.37. The van der Waals surface area contributed by atoms with Gasteiger partial charge in [0, 0.05) is 33.2 Å². The molecule has 2 saturated heterocycles. The third kappa shape index (κ3) is 4.26. The molecule has 0 aromatic heterocycles. The fourth-order valence-corrected chi connectivity index (χ4v) is 3.72. The lowest BCUT2D eigenvalue weighted by Gasteiger charge is -2.48. The zero-order valence-electron chi connectivity index (χ0n) is 14.3. The van der Waals surface area contributed by atoms with Crippen LogP contribution in [0.1, 0.15) is 25.3 Å². The van der Waals surface area contributed by atoms with Crippen molar-refractivity contribution in [2.75, 3.05) is 33.2 Å². The number of halogens is 2. The monoisotopic (exact) mass is 356 g/mol. The highest BCUT2D eigenvalue weighted by atomic mass is 35.5. The molecule has 134 valence electrons. The van der Waals surface area contributed by atoms with Gasteiger partial charge in [-0.1, -0.05) is 12.1 Å². The summed E-state index contributed by atoms with van der Waals surface area (Å²) in [6, 6.07) is 6.83. The Bertz CT molecular complexity index is 560. The van der Waals surface area contributed by atoms with Crippen LogP contribution in [0.4, 0.5) is 4.39 Å². The summed E-state index contributed by atoms with van der Waals surface area (Å²) in [5.41, 5.74) is 0.857. The van der Waals surface area contributed by atoms with E-state index in [0.29, 0.717) is 6.54 Å². The van der Waals surface area contributed by atoms with Gasteiger partial charge in [0.05, 0.1) is 5.60 Å². The van der Waals surface area contributed by atoms with Crippen molar-refractivity contribution in [2.24, 2.45) is 0 Å². The predicted molar refractivity (Wildman–Crippen MR) is 93.9 cm³/mol. The van der Waals surface area contributed by atoms with Gasteiger partial charge in [0.15, 0.2) is 0 Å². The van der Waals surface area contributed by atoms with E-state index in [2.05, 4.69) is 4.90 Å². The summed E-state index contributed by atoms with van der Waals surface area (Å²) >= 11 is 0. The molecule has 0 N–H and O–H groups in total. The number of benzene rings is 1. The largest absolute Gasteiger partial charge is 0.360 e. The first-order valence-corrected chi connectivity index (χ1v) is 8.37. The van der Waals surface area contributed by atoms with Crippen LogP contribution < -0.4 is 0 Å². The van der Waals surface area contributed by atoms with Gasteiger partial charge in [-0.2, -0.15) is 0 Å². The number of ether oxygens (including phenoxy) is 1. The van der Waals surface area contributed by atoms with E-state index in [-0.39, 0.29) is 35.8 Å². The number of carbonyl (C=O) groups excluding carboxylic acids is 1. The van der Waals surface area contributed by atoms with Crippen LogP contribution in [0.5, 0.6) is 0 Å². The van der Waals surface area contributed by atoms with Gasteiger partial charge in [-0.3, -0.25) is 4.79 Å². The Morgan fingerprint density at radius 3 is 2.67 bits per heavy atom. The summed E-state index contributed by atoms with van der Waals surface area (Å²) in [5, 5.41) is 0. The first-order chi connectivity index (χ1) is 11.0. The smallest absolute Gasteiger partial charge is 0.251 e. The van der Waals surface area contributed by atoms with Crippen molar-refractivity contribution >= 4 is 18.3 Å². The van der Waals surface area contributed by atoms with Crippen molar-refractivity contribution in [1.29, 1.82) is 0 Å². The highest BCUT2D eigenvalue weighted by Gasteiger charge is 2.43. The zero-order chi connectivity index (χ0) is 16.4. The van der Waals surface area contributed by atoms with Gasteiger partial charge in [-0.25, -0.2) is 4.39 Å². The van der Waals surface area contributed by atoms with Crippen LogP contribution in [0.3, 0.4) is 0 Å². The second-order valence-corrected chi connectivity index (χ2v) is 6.86. The molecule has 0 aliphatic carbocycles. The number of likely N-dealkylation sites (tertiary alicyclic amines) is 1. The third-order valence-electron chi connectivity index (χ3n) is 5.05. The maximum atomic E-state index is 13.2. The van der Waals surface area contributed by atoms with E-state index in [1.54, 1.807) is 17.0 Å². The maximum Gasteiger partial charge on any atom is 0.251 e. The second kappa shape index (κ2) is 7.81. The molecular formula is C18H26ClFN2O2. The Morgan fingerprint density at radius 2 is 2.04 bits per heavy atom. The fourth-order valence-electron chi connectivity index (χ4n) is 3.72. The van der Waals surface area contributed by atoms with Crippen LogP contribution in [0.15, 0.2) is 24.3 Å². The number of nitrogens with zero attached hydrogens (tertiary/aromatic N) is 2. The average Bonchev–Trinajstić information content (AvgIpc) is 2.52. The van der Waals surface area contributed by atoms with Crippen molar-refractivity contribution < 1.29 is 13.9 Å².